The topological polar surface area (TPSA) is 82.5 Å². The number of nitrogens with zero attached hydrogens (tertiary/aromatic N) is 1. The van der Waals surface area contributed by atoms with Crippen molar-refractivity contribution in [3.63, 3.8) is 0 Å². The van der Waals surface area contributed by atoms with E-state index in [1.165, 1.54) is 12.1 Å². The molecule has 14 heavy (non-hydrogen) atoms. The highest BCUT2D eigenvalue weighted by Gasteiger charge is 2.10. The van der Waals surface area contributed by atoms with E-state index in [2.05, 4.69) is 10.3 Å². The van der Waals surface area contributed by atoms with Crippen molar-refractivity contribution in [2.24, 2.45) is 0 Å². The highest BCUT2D eigenvalue weighted by atomic mass is 35.5. The Morgan fingerprint density at radius 1 is 1.57 bits per heavy atom. The zero-order chi connectivity index (χ0) is 10.6. The number of aliphatic hydroxyl groups is 1. The van der Waals surface area contributed by atoms with E-state index in [0.29, 0.717) is 0 Å². The van der Waals surface area contributed by atoms with Crippen molar-refractivity contribution < 1.29 is 15.0 Å². The molecule has 3 N–H and O–H groups in total. The lowest BCUT2D eigenvalue weighted by Gasteiger charge is -2.06. The van der Waals surface area contributed by atoms with E-state index in [-0.39, 0.29) is 29.7 Å². The lowest BCUT2D eigenvalue weighted by atomic mass is 10.2. The van der Waals surface area contributed by atoms with Gasteiger partial charge in [0.1, 0.15) is 16.5 Å². The number of nitrogens with one attached hydrogen (secondary N) is 1. The Balaban J connectivity index is 2.97. The number of aliphatic hydroxyl groups excluding tert-OH is 1. The second-order valence-electron chi connectivity index (χ2n) is 2.49. The number of aromatic nitrogens is 1. The third-order valence-corrected chi connectivity index (χ3v) is 1.71. The van der Waals surface area contributed by atoms with Gasteiger partial charge in [-0.2, -0.15) is 0 Å². The van der Waals surface area contributed by atoms with Crippen LogP contribution in [0.15, 0.2) is 12.1 Å². The third-order valence-electron chi connectivity index (χ3n) is 1.50. The summed E-state index contributed by atoms with van der Waals surface area (Å²) in [7, 11) is 0. The van der Waals surface area contributed by atoms with Crippen LogP contribution in [-0.4, -0.2) is 34.3 Å². The minimum Gasteiger partial charge on any atom is -0.478 e. The van der Waals surface area contributed by atoms with Crippen LogP contribution >= 0.6 is 11.6 Å². The van der Waals surface area contributed by atoms with Crippen molar-refractivity contribution in [2.75, 3.05) is 18.5 Å². The van der Waals surface area contributed by atoms with Gasteiger partial charge < -0.3 is 15.5 Å². The molecular weight excluding hydrogens is 208 g/mol. The van der Waals surface area contributed by atoms with Crippen molar-refractivity contribution in [3.8, 4) is 0 Å². The molecule has 0 saturated heterocycles. The molecule has 0 atom stereocenters. The van der Waals surface area contributed by atoms with Gasteiger partial charge in [-0.25, -0.2) is 9.78 Å². The fourth-order valence-electron chi connectivity index (χ4n) is 0.917. The van der Waals surface area contributed by atoms with Crippen LogP contribution < -0.4 is 5.32 Å². The zero-order valence-electron chi connectivity index (χ0n) is 7.20. The van der Waals surface area contributed by atoms with Crippen molar-refractivity contribution in [3.05, 3.63) is 22.8 Å². The van der Waals surface area contributed by atoms with Gasteiger partial charge in [0.15, 0.2) is 0 Å². The molecule has 1 heterocycles. The van der Waals surface area contributed by atoms with Gasteiger partial charge in [0, 0.05) is 6.54 Å². The Hall–Kier alpha value is -1.33. The molecule has 76 valence electrons. The quantitative estimate of drug-likeness (QED) is 0.650. The number of carbonyl (C=O) groups is 1. The van der Waals surface area contributed by atoms with Gasteiger partial charge in [-0.05, 0) is 12.1 Å². The largest absolute Gasteiger partial charge is 0.478 e. The van der Waals surface area contributed by atoms with Gasteiger partial charge in [0.25, 0.3) is 0 Å². The minimum atomic E-state index is -1.09. The summed E-state index contributed by atoms with van der Waals surface area (Å²) in [6.45, 7) is 0.126. The lowest BCUT2D eigenvalue weighted by Crippen LogP contribution is -2.11. The summed E-state index contributed by atoms with van der Waals surface area (Å²) in [4.78, 5) is 14.5. The van der Waals surface area contributed by atoms with Crippen molar-refractivity contribution in [2.45, 2.75) is 0 Å². The summed E-state index contributed by atoms with van der Waals surface area (Å²) in [5.74, 6) is -0.923. The Labute approximate surface area is 85.3 Å². The number of anilines is 1. The van der Waals surface area contributed by atoms with Crippen LogP contribution in [0.1, 0.15) is 10.4 Å². The number of carboxylic acid groups (broad SMARTS) is 1. The van der Waals surface area contributed by atoms with Gasteiger partial charge in [-0.3, -0.25) is 0 Å². The van der Waals surface area contributed by atoms with Crippen molar-refractivity contribution in [1.29, 1.82) is 0 Å². The van der Waals surface area contributed by atoms with Crippen LogP contribution in [0.3, 0.4) is 0 Å². The van der Waals surface area contributed by atoms with E-state index >= 15 is 0 Å². The lowest BCUT2D eigenvalue weighted by molar-refractivity contribution is 0.0697. The molecule has 0 spiro atoms. The Morgan fingerprint density at radius 3 is 2.86 bits per heavy atom. The normalized spacial score (nSPS) is 9.86. The number of carboxylic acids is 1. The Kier molecular flexibility index (Phi) is 3.67. The summed E-state index contributed by atoms with van der Waals surface area (Å²) < 4.78 is 0. The first-order valence-corrected chi connectivity index (χ1v) is 4.27. The summed E-state index contributed by atoms with van der Waals surface area (Å²) in [5.41, 5.74) is 0.0304. The molecule has 0 aromatic carbocycles. The molecule has 1 rings (SSSR count). The minimum absolute atomic E-state index is 0.0304. The zero-order valence-corrected chi connectivity index (χ0v) is 7.95. The number of hydrogen-bond donors (Lipinski definition) is 3. The van der Waals surface area contributed by atoms with Crippen LogP contribution in [0.25, 0.3) is 0 Å². The highest BCUT2D eigenvalue weighted by molar-refractivity contribution is 6.29. The predicted molar refractivity (Wildman–Crippen MR) is 51.8 cm³/mol. The van der Waals surface area contributed by atoms with Crippen LogP contribution in [0, 0.1) is 0 Å². The highest BCUT2D eigenvalue weighted by Crippen LogP contribution is 2.16. The molecule has 0 saturated carbocycles. The molecule has 0 radical (unpaired) electrons. The maximum atomic E-state index is 10.7. The molecule has 0 aliphatic heterocycles. The Bertz CT molecular complexity index is 343. The van der Waals surface area contributed by atoms with Crippen LogP contribution in [0.5, 0.6) is 0 Å². The molecule has 6 heteroatoms. The molecule has 5 nitrogen and oxygen atoms in total. The molecule has 0 amide bonds. The molecule has 0 unspecified atom stereocenters. The first-order valence-electron chi connectivity index (χ1n) is 3.89. The number of pyridine rings is 1. The van der Waals surface area contributed by atoms with E-state index in [4.69, 9.17) is 21.8 Å². The summed E-state index contributed by atoms with van der Waals surface area (Å²) in [5, 5.41) is 20.2. The van der Waals surface area contributed by atoms with Crippen molar-refractivity contribution in [1.82, 2.24) is 4.98 Å². The first-order chi connectivity index (χ1) is 6.65. The molecule has 1 aromatic rings. The molecule has 0 aliphatic carbocycles. The fourth-order valence-corrected chi connectivity index (χ4v) is 1.06. The maximum absolute atomic E-state index is 10.7. The van der Waals surface area contributed by atoms with Gasteiger partial charge in [-0.1, -0.05) is 11.6 Å². The number of hydrogen-bond acceptors (Lipinski definition) is 4. The average molecular weight is 217 g/mol. The van der Waals surface area contributed by atoms with Gasteiger partial charge in [0.05, 0.1) is 6.61 Å². The maximum Gasteiger partial charge on any atom is 0.339 e. The van der Waals surface area contributed by atoms with Crippen molar-refractivity contribution >= 4 is 23.4 Å². The van der Waals surface area contributed by atoms with Crippen LogP contribution in [0.2, 0.25) is 5.15 Å². The number of rotatable bonds is 4. The van der Waals surface area contributed by atoms with Gasteiger partial charge in [0.2, 0.25) is 0 Å². The molecule has 0 fully saturated rings. The average Bonchev–Trinajstić information content (AvgIpc) is 2.14. The van der Waals surface area contributed by atoms with E-state index in [0.717, 1.165) is 0 Å². The molecule has 0 aliphatic rings. The van der Waals surface area contributed by atoms with Crippen LogP contribution in [-0.2, 0) is 0 Å². The molecule has 1 aromatic heterocycles. The summed E-state index contributed by atoms with van der Waals surface area (Å²) in [6.07, 6.45) is 0. The van der Waals surface area contributed by atoms with E-state index in [1.54, 1.807) is 0 Å². The summed E-state index contributed by atoms with van der Waals surface area (Å²) in [6, 6.07) is 2.76. The van der Waals surface area contributed by atoms with E-state index in [1.807, 2.05) is 0 Å². The van der Waals surface area contributed by atoms with Crippen LogP contribution in [0.4, 0.5) is 5.82 Å². The monoisotopic (exact) mass is 216 g/mol. The Morgan fingerprint density at radius 2 is 2.29 bits per heavy atom. The number of halogens is 1. The van der Waals surface area contributed by atoms with Gasteiger partial charge in [-0.15, -0.1) is 0 Å². The molecule has 0 bridgehead atoms. The second kappa shape index (κ2) is 4.78. The molecular formula is C8H9ClN2O3. The second-order valence-corrected chi connectivity index (χ2v) is 2.87. The number of aromatic carboxylic acids is 1. The smallest absolute Gasteiger partial charge is 0.339 e. The SMILES string of the molecule is O=C(O)c1ccc(Cl)nc1NCCO. The summed E-state index contributed by atoms with van der Waals surface area (Å²) >= 11 is 5.59. The van der Waals surface area contributed by atoms with Gasteiger partial charge >= 0.3 is 5.97 Å². The third kappa shape index (κ3) is 2.58. The fraction of sp³-hybridized carbons (Fsp3) is 0.250. The van der Waals surface area contributed by atoms with E-state index < -0.39 is 5.97 Å². The van der Waals surface area contributed by atoms with E-state index in [9.17, 15) is 4.79 Å². The standard InChI is InChI=1S/C8H9ClN2O3/c9-6-2-1-5(8(13)14)7(11-6)10-3-4-12/h1-2,12H,3-4H2,(H,10,11)(H,13,14). The predicted octanol–water partition coefficient (Wildman–Crippen LogP) is 0.837. The first kappa shape index (κ1) is 10.7.